The fourth-order valence-electron chi connectivity index (χ4n) is 3.20. The smallest absolute Gasteiger partial charge is 0.320 e. The Hall–Kier alpha value is -3.52. The van der Waals surface area contributed by atoms with Gasteiger partial charge in [0.25, 0.3) is 0 Å². The SMILES string of the molecule is COc1cc(C2NC(=O)NC(c3ccccc3)=C2C(C)=O)cc(Cl)c1OCC(=O)[O-]. The Morgan fingerprint density at radius 3 is 2.50 bits per heavy atom. The maximum Gasteiger partial charge on any atom is 0.320 e. The Morgan fingerprint density at radius 2 is 1.90 bits per heavy atom. The summed E-state index contributed by atoms with van der Waals surface area (Å²) in [5.41, 5.74) is 1.87. The van der Waals surface area contributed by atoms with Gasteiger partial charge in [0, 0.05) is 5.57 Å². The number of amides is 2. The van der Waals surface area contributed by atoms with Gasteiger partial charge in [0.05, 0.1) is 29.8 Å². The van der Waals surface area contributed by atoms with Crippen molar-refractivity contribution in [1.29, 1.82) is 0 Å². The molecule has 0 saturated carbocycles. The minimum atomic E-state index is -1.42. The van der Waals surface area contributed by atoms with Gasteiger partial charge in [0.15, 0.2) is 17.3 Å². The van der Waals surface area contributed by atoms with Crippen molar-refractivity contribution < 1.29 is 29.0 Å². The van der Waals surface area contributed by atoms with Gasteiger partial charge >= 0.3 is 6.03 Å². The number of rotatable bonds is 7. The van der Waals surface area contributed by atoms with E-state index in [1.54, 1.807) is 24.3 Å². The largest absolute Gasteiger partial charge is 0.546 e. The number of carboxylic acid groups (broad SMARTS) is 1. The predicted molar refractivity (Wildman–Crippen MR) is 107 cm³/mol. The first-order valence-electron chi connectivity index (χ1n) is 8.90. The first-order chi connectivity index (χ1) is 14.3. The lowest BCUT2D eigenvalue weighted by Crippen LogP contribution is -2.44. The van der Waals surface area contributed by atoms with E-state index < -0.39 is 24.6 Å². The Morgan fingerprint density at radius 1 is 1.20 bits per heavy atom. The summed E-state index contributed by atoms with van der Waals surface area (Å²) in [7, 11) is 1.36. The molecule has 0 aromatic heterocycles. The molecule has 2 aromatic rings. The molecule has 0 aliphatic carbocycles. The summed E-state index contributed by atoms with van der Waals surface area (Å²) in [6.07, 6.45) is 0. The van der Waals surface area contributed by atoms with Crippen LogP contribution in [0.15, 0.2) is 48.0 Å². The third-order valence-corrected chi connectivity index (χ3v) is 4.71. The molecule has 30 heavy (non-hydrogen) atoms. The topological polar surface area (TPSA) is 117 Å². The monoisotopic (exact) mass is 429 g/mol. The molecule has 0 bridgehead atoms. The van der Waals surface area contributed by atoms with E-state index in [4.69, 9.17) is 21.1 Å². The molecule has 0 saturated heterocycles. The molecule has 1 unspecified atom stereocenters. The highest BCUT2D eigenvalue weighted by Gasteiger charge is 2.32. The third-order valence-electron chi connectivity index (χ3n) is 4.43. The van der Waals surface area contributed by atoms with Gasteiger partial charge in [-0.15, -0.1) is 0 Å². The van der Waals surface area contributed by atoms with E-state index in [1.807, 2.05) is 6.07 Å². The Labute approximate surface area is 177 Å². The van der Waals surface area contributed by atoms with E-state index in [-0.39, 0.29) is 22.3 Å². The normalized spacial score (nSPS) is 15.8. The molecule has 1 heterocycles. The molecule has 2 aromatic carbocycles. The molecular formula is C21H18ClN2O6-. The van der Waals surface area contributed by atoms with Crippen LogP contribution in [0, 0.1) is 0 Å². The van der Waals surface area contributed by atoms with Crippen LogP contribution in [-0.2, 0) is 9.59 Å². The van der Waals surface area contributed by atoms with Crippen molar-refractivity contribution in [3.63, 3.8) is 0 Å². The molecule has 0 radical (unpaired) electrons. The summed E-state index contributed by atoms with van der Waals surface area (Å²) in [6, 6.07) is 10.7. The summed E-state index contributed by atoms with van der Waals surface area (Å²) in [5.74, 6) is -1.50. The third kappa shape index (κ3) is 4.38. The molecule has 1 atom stereocenters. The van der Waals surface area contributed by atoms with Gasteiger partial charge in [-0.3, -0.25) is 4.79 Å². The van der Waals surface area contributed by atoms with Crippen LogP contribution in [0.5, 0.6) is 11.5 Å². The second-order valence-corrected chi connectivity index (χ2v) is 6.84. The van der Waals surface area contributed by atoms with Gasteiger partial charge in [-0.25, -0.2) is 4.79 Å². The molecule has 3 rings (SSSR count). The number of hydrogen-bond acceptors (Lipinski definition) is 6. The number of carboxylic acids is 1. The van der Waals surface area contributed by atoms with Gasteiger partial charge in [0.1, 0.15) is 6.61 Å². The number of halogens is 1. The second kappa shape index (κ2) is 8.87. The zero-order valence-electron chi connectivity index (χ0n) is 16.2. The number of Topliss-reactive ketones (excluding diaryl/α,β-unsaturated/α-hetero) is 1. The molecule has 0 fully saturated rings. The highest BCUT2D eigenvalue weighted by Crippen LogP contribution is 2.40. The average Bonchev–Trinajstić information content (AvgIpc) is 2.71. The highest BCUT2D eigenvalue weighted by atomic mass is 35.5. The lowest BCUT2D eigenvalue weighted by Gasteiger charge is -2.30. The zero-order valence-corrected chi connectivity index (χ0v) is 16.9. The van der Waals surface area contributed by atoms with E-state index in [9.17, 15) is 19.5 Å². The van der Waals surface area contributed by atoms with Crippen LogP contribution < -0.4 is 25.2 Å². The van der Waals surface area contributed by atoms with E-state index >= 15 is 0 Å². The van der Waals surface area contributed by atoms with Crippen LogP contribution in [0.3, 0.4) is 0 Å². The first-order valence-corrected chi connectivity index (χ1v) is 9.27. The van der Waals surface area contributed by atoms with Crippen LogP contribution in [0.1, 0.15) is 24.1 Å². The van der Waals surface area contributed by atoms with Crippen LogP contribution in [-0.4, -0.2) is 31.5 Å². The van der Waals surface area contributed by atoms with E-state index in [0.29, 0.717) is 22.4 Å². The summed E-state index contributed by atoms with van der Waals surface area (Å²) < 4.78 is 10.4. The standard InChI is InChI=1S/C21H19ClN2O6/c1-11(25)17-18(12-6-4-3-5-7-12)23-21(28)24-19(17)13-8-14(22)20(15(9-13)29-2)30-10-16(26)27/h3-9,19H,10H2,1-2H3,(H,26,27)(H2,23,24,28)/p-1. The van der Waals surface area contributed by atoms with Crippen LogP contribution in [0.25, 0.3) is 5.70 Å². The van der Waals surface area contributed by atoms with Crippen molar-refractivity contribution in [2.45, 2.75) is 13.0 Å². The fraction of sp³-hybridized carbons (Fsp3) is 0.190. The maximum absolute atomic E-state index is 12.5. The molecule has 8 nitrogen and oxygen atoms in total. The molecule has 1 aliphatic rings. The Kier molecular flexibility index (Phi) is 6.27. The van der Waals surface area contributed by atoms with E-state index in [2.05, 4.69) is 10.6 Å². The van der Waals surface area contributed by atoms with Crippen LogP contribution >= 0.6 is 11.6 Å². The number of methoxy groups -OCH3 is 1. The van der Waals surface area contributed by atoms with Gasteiger partial charge < -0.3 is 30.0 Å². The minimum absolute atomic E-state index is 0.0176. The average molecular weight is 430 g/mol. The summed E-state index contributed by atoms with van der Waals surface area (Å²) in [5, 5.41) is 16.2. The Balaban J connectivity index is 2.13. The number of ketones is 1. The number of carbonyl (C=O) groups is 3. The van der Waals surface area contributed by atoms with Crippen molar-refractivity contribution in [3.05, 3.63) is 64.2 Å². The fourth-order valence-corrected chi connectivity index (χ4v) is 3.48. The quantitative estimate of drug-likeness (QED) is 0.693. The summed E-state index contributed by atoms with van der Waals surface area (Å²) in [4.78, 5) is 35.6. The molecule has 0 spiro atoms. The lowest BCUT2D eigenvalue weighted by molar-refractivity contribution is -0.307. The van der Waals surface area contributed by atoms with Crippen molar-refractivity contribution in [1.82, 2.24) is 10.6 Å². The second-order valence-electron chi connectivity index (χ2n) is 6.44. The van der Waals surface area contributed by atoms with Gasteiger partial charge in [-0.1, -0.05) is 41.9 Å². The number of nitrogens with one attached hydrogen (secondary N) is 2. The maximum atomic E-state index is 12.5. The molecule has 2 N–H and O–H groups in total. The summed E-state index contributed by atoms with van der Waals surface area (Å²) >= 11 is 6.29. The van der Waals surface area contributed by atoms with Gasteiger partial charge in [0.2, 0.25) is 0 Å². The highest BCUT2D eigenvalue weighted by molar-refractivity contribution is 6.32. The molecule has 1 aliphatic heterocycles. The number of hydrogen-bond donors (Lipinski definition) is 2. The van der Waals surface area contributed by atoms with Crippen LogP contribution in [0.4, 0.5) is 4.79 Å². The van der Waals surface area contributed by atoms with E-state index in [0.717, 1.165) is 0 Å². The number of ether oxygens (including phenoxy) is 2. The Bertz CT molecular complexity index is 1040. The van der Waals surface area contributed by atoms with Gasteiger partial charge in [-0.05, 0) is 30.2 Å². The molecular weight excluding hydrogens is 412 g/mol. The van der Waals surface area contributed by atoms with E-state index in [1.165, 1.54) is 26.2 Å². The number of carbonyl (C=O) groups excluding carboxylic acids is 3. The van der Waals surface area contributed by atoms with Crippen molar-refractivity contribution in [2.24, 2.45) is 0 Å². The van der Waals surface area contributed by atoms with Gasteiger partial charge in [-0.2, -0.15) is 0 Å². The first kappa shape index (κ1) is 21.2. The molecule has 9 heteroatoms. The van der Waals surface area contributed by atoms with Crippen LogP contribution in [0.2, 0.25) is 5.02 Å². The number of aliphatic carboxylic acids is 1. The lowest BCUT2D eigenvalue weighted by atomic mass is 9.90. The zero-order chi connectivity index (χ0) is 21.8. The number of urea groups is 1. The minimum Gasteiger partial charge on any atom is -0.546 e. The van der Waals surface area contributed by atoms with Crippen molar-refractivity contribution in [3.8, 4) is 11.5 Å². The molecule has 156 valence electrons. The van der Waals surface area contributed by atoms with Crippen molar-refractivity contribution in [2.75, 3.05) is 13.7 Å². The summed E-state index contributed by atoms with van der Waals surface area (Å²) in [6.45, 7) is 0.691. The molecule has 2 amide bonds. The number of benzene rings is 2. The van der Waals surface area contributed by atoms with Crippen molar-refractivity contribution >= 4 is 35.1 Å². The predicted octanol–water partition coefficient (Wildman–Crippen LogP) is 1.83.